The molecule has 0 aromatic carbocycles. The molecule has 3 aliphatic rings. The lowest BCUT2D eigenvalue weighted by Gasteiger charge is -2.39. The minimum Gasteiger partial charge on any atom is -0.374 e. The van der Waals surface area contributed by atoms with Gasteiger partial charge in [0.15, 0.2) is 11.5 Å². The molecule has 0 N–H and O–H groups in total. The van der Waals surface area contributed by atoms with E-state index in [-0.39, 0.29) is 24.5 Å². The monoisotopic (exact) mass is 503 g/mol. The fourth-order valence-corrected chi connectivity index (χ4v) is 4.90. The highest BCUT2D eigenvalue weighted by Crippen LogP contribution is 2.37. The number of rotatable bonds is 4. The second-order valence-electron chi connectivity index (χ2n) is 8.70. The molecular formula is C21H19F6N5O3. The van der Waals surface area contributed by atoms with Crippen molar-refractivity contribution in [1.29, 1.82) is 0 Å². The number of Topliss-reactive ketones (excluding diaryl/α,β-unsaturated/α-hetero) is 1. The maximum atomic E-state index is 13.9. The van der Waals surface area contributed by atoms with E-state index in [1.165, 1.54) is 6.07 Å². The average molecular weight is 503 g/mol. The minimum atomic E-state index is -4.98. The van der Waals surface area contributed by atoms with E-state index >= 15 is 0 Å². The van der Waals surface area contributed by atoms with Crippen molar-refractivity contribution < 1.29 is 35.9 Å². The van der Waals surface area contributed by atoms with Gasteiger partial charge >= 0.3 is 12.4 Å². The first kappa shape index (κ1) is 23.6. The summed E-state index contributed by atoms with van der Waals surface area (Å²) in [5.41, 5.74) is -2.95. The number of aromatic nitrogens is 3. The van der Waals surface area contributed by atoms with Crippen LogP contribution >= 0.6 is 0 Å². The van der Waals surface area contributed by atoms with Gasteiger partial charge in [0, 0.05) is 25.4 Å². The molecular weight excluding hydrogens is 484 g/mol. The molecule has 2 aromatic heterocycles. The molecule has 0 aliphatic carbocycles. The van der Waals surface area contributed by atoms with Crippen molar-refractivity contribution in [2.75, 3.05) is 29.5 Å². The van der Waals surface area contributed by atoms with Crippen LogP contribution in [0.25, 0.3) is 0 Å². The van der Waals surface area contributed by atoms with E-state index < -0.39 is 59.9 Å². The Balaban J connectivity index is 1.55. The first-order valence-corrected chi connectivity index (χ1v) is 10.8. The smallest absolute Gasteiger partial charge is 0.374 e. The summed E-state index contributed by atoms with van der Waals surface area (Å²) in [6.45, 7) is -0.567. The number of ketones is 1. The fraction of sp³-hybridized carbons (Fsp3) is 0.524. The van der Waals surface area contributed by atoms with E-state index in [9.17, 15) is 35.9 Å². The number of hydrogen-bond donors (Lipinski definition) is 0. The van der Waals surface area contributed by atoms with Crippen LogP contribution in [0.1, 0.15) is 28.9 Å². The van der Waals surface area contributed by atoms with Crippen molar-refractivity contribution in [3.8, 4) is 0 Å². The number of alkyl halides is 6. The molecule has 0 amide bonds. The Bertz CT molecular complexity index is 1210. The van der Waals surface area contributed by atoms with Gasteiger partial charge in [-0.25, -0.2) is 0 Å². The number of morpholine rings is 1. The quantitative estimate of drug-likeness (QED) is 0.469. The number of hydrogen-bond acceptors (Lipinski definition) is 7. The van der Waals surface area contributed by atoms with Crippen molar-refractivity contribution >= 4 is 17.5 Å². The van der Waals surface area contributed by atoms with E-state index in [0.29, 0.717) is 24.5 Å². The number of ether oxygens (including phenoxy) is 1. The van der Waals surface area contributed by atoms with Crippen LogP contribution in [-0.4, -0.2) is 64.4 Å². The van der Waals surface area contributed by atoms with Gasteiger partial charge in [-0.1, -0.05) is 0 Å². The SMILES string of the molecule is O=C(CN1c2nc(N3C[C@@H]4C[C@H]3CO4)cc(=O)n2CCC1C(F)(F)F)c1cccnc1C(F)(F)F. The first-order chi connectivity index (χ1) is 16.4. The predicted molar refractivity (Wildman–Crippen MR) is 109 cm³/mol. The van der Waals surface area contributed by atoms with Gasteiger partial charge in [-0.3, -0.25) is 19.1 Å². The molecule has 188 valence electrons. The van der Waals surface area contributed by atoms with Crippen molar-refractivity contribution in [2.24, 2.45) is 0 Å². The van der Waals surface area contributed by atoms with Gasteiger partial charge in [-0.2, -0.15) is 31.3 Å². The Hall–Kier alpha value is -3.16. The number of carbonyl (C=O) groups excluding carboxylic acids is 1. The van der Waals surface area contributed by atoms with Gasteiger partial charge in [0.25, 0.3) is 5.56 Å². The standard InChI is InChI=1S/C21H19F6N5O3/c22-20(23,24)15-3-5-30-17(34)7-16(31-8-12-6-11(31)10-35-12)29-19(30)32(15)9-14(33)13-2-1-4-28-18(13)21(25,26)27/h1-2,4,7,11-12,15H,3,5-6,8-10H2/t11-,12-,15?/m0/s1. The average Bonchev–Trinajstić information content (AvgIpc) is 3.42. The van der Waals surface area contributed by atoms with Crippen LogP contribution < -0.4 is 15.4 Å². The molecule has 2 bridgehead atoms. The van der Waals surface area contributed by atoms with Gasteiger partial charge in [-0.15, -0.1) is 0 Å². The second-order valence-corrected chi connectivity index (χ2v) is 8.70. The largest absolute Gasteiger partial charge is 0.434 e. The summed E-state index contributed by atoms with van der Waals surface area (Å²) in [5, 5.41) is 0. The Morgan fingerprint density at radius 1 is 1.20 bits per heavy atom. The number of fused-ring (bicyclic) bond motifs is 3. The van der Waals surface area contributed by atoms with Crippen LogP contribution in [0, 0.1) is 0 Å². The molecule has 14 heteroatoms. The molecule has 0 saturated carbocycles. The molecule has 2 saturated heterocycles. The summed E-state index contributed by atoms with van der Waals surface area (Å²) in [6.07, 6.45) is -8.90. The Morgan fingerprint density at radius 2 is 1.97 bits per heavy atom. The molecule has 8 nitrogen and oxygen atoms in total. The first-order valence-electron chi connectivity index (χ1n) is 10.8. The molecule has 35 heavy (non-hydrogen) atoms. The summed E-state index contributed by atoms with van der Waals surface area (Å²) in [4.78, 5) is 35.6. The Labute approximate surface area is 194 Å². The zero-order chi connectivity index (χ0) is 25.1. The maximum Gasteiger partial charge on any atom is 0.434 e. The summed E-state index contributed by atoms with van der Waals surface area (Å²) in [5.74, 6) is -1.48. The van der Waals surface area contributed by atoms with Crippen molar-refractivity contribution in [2.45, 2.75) is 49.9 Å². The van der Waals surface area contributed by atoms with E-state index in [2.05, 4.69) is 9.97 Å². The van der Waals surface area contributed by atoms with E-state index in [1.807, 2.05) is 0 Å². The predicted octanol–water partition coefficient (Wildman–Crippen LogP) is 2.66. The number of carbonyl (C=O) groups is 1. The zero-order valence-electron chi connectivity index (χ0n) is 18.0. The van der Waals surface area contributed by atoms with Crippen molar-refractivity contribution in [3.05, 3.63) is 46.0 Å². The number of anilines is 2. The molecule has 0 spiro atoms. The molecule has 1 unspecified atom stereocenters. The normalized spacial score (nSPS) is 24.1. The topological polar surface area (TPSA) is 80.6 Å². The van der Waals surface area contributed by atoms with Crippen LogP contribution in [0.4, 0.5) is 38.1 Å². The van der Waals surface area contributed by atoms with Gasteiger partial charge in [0.05, 0.1) is 30.9 Å². The third kappa shape index (κ3) is 4.23. The van der Waals surface area contributed by atoms with E-state index in [1.54, 1.807) is 4.90 Å². The zero-order valence-corrected chi connectivity index (χ0v) is 18.0. The number of pyridine rings is 1. The van der Waals surface area contributed by atoms with Gasteiger partial charge in [0.1, 0.15) is 11.9 Å². The second kappa shape index (κ2) is 8.21. The highest BCUT2D eigenvalue weighted by Gasteiger charge is 2.48. The molecule has 5 heterocycles. The molecule has 2 fully saturated rings. The minimum absolute atomic E-state index is 0.0763. The third-order valence-electron chi connectivity index (χ3n) is 6.50. The summed E-state index contributed by atoms with van der Waals surface area (Å²) in [6, 6.07) is 0.887. The summed E-state index contributed by atoms with van der Waals surface area (Å²) in [7, 11) is 0. The van der Waals surface area contributed by atoms with Crippen molar-refractivity contribution in [1.82, 2.24) is 14.5 Å². The van der Waals surface area contributed by atoms with Gasteiger partial charge < -0.3 is 14.5 Å². The van der Waals surface area contributed by atoms with Crippen LogP contribution in [0.15, 0.2) is 29.2 Å². The lowest BCUT2D eigenvalue weighted by Crippen LogP contribution is -2.54. The van der Waals surface area contributed by atoms with Crippen LogP contribution in [-0.2, 0) is 17.5 Å². The Kier molecular flexibility index (Phi) is 5.53. The van der Waals surface area contributed by atoms with Gasteiger partial charge in [0.2, 0.25) is 5.95 Å². The molecule has 5 rings (SSSR count). The summed E-state index contributed by atoms with van der Waals surface area (Å²) < 4.78 is 88.4. The lowest BCUT2D eigenvalue weighted by molar-refractivity contribution is -0.152. The van der Waals surface area contributed by atoms with E-state index in [0.717, 1.165) is 22.9 Å². The summed E-state index contributed by atoms with van der Waals surface area (Å²) >= 11 is 0. The number of halogens is 6. The van der Waals surface area contributed by atoms with Gasteiger partial charge in [-0.05, 0) is 25.0 Å². The maximum absolute atomic E-state index is 13.9. The van der Waals surface area contributed by atoms with Crippen LogP contribution in [0.3, 0.4) is 0 Å². The molecule has 2 aromatic rings. The van der Waals surface area contributed by atoms with Crippen LogP contribution in [0.5, 0.6) is 0 Å². The third-order valence-corrected chi connectivity index (χ3v) is 6.50. The lowest BCUT2D eigenvalue weighted by atomic mass is 10.0. The fourth-order valence-electron chi connectivity index (χ4n) is 4.90. The van der Waals surface area contributed by atoms with Crippen LogP contribution in [0.2, 0.25) is 0 Å². The molecule has 0 radical (unpaired) electrons. The number of nitrogens with zero attached hydrogens (tertiary/aromatic N) is 5. The Morgan fingerprint density at radius 3 is 2.60 bits per heavy atom. The highest BCUT2D eigenvalue weighted by molar-refractivity contribution is 6.00. The van der Waals surface area contributed by atoms with E-state index in [4.69, 9.17) is 4.74 Å². The molecule has 3 atom stereocenters. The van der Waals surface area contributed by atoms with Crippen molar-refractivity contribution in [3.63, 3.8) is 0 Å². The highest BCUT2D eigenvalue weighted by atomic mass is 19.4. The molecule has 3 aliphatic heterocycles.